The number of morpholine rings is 1. The van der Waals surface area contributed by atoms with E-state index < -0.39 is 7.12 Å². The van der Waals surface area contributed by atoms with E-state index in [-0.39, 0.29) is 17.2 Å². The smallest absolute Gasteiger partial charge is 0.423 e. The first kappa shape index (κ1) is 22.1. The van der Waals surface area contributed by atoms with Crippen molar-refractivity contribution in [3.8, 4) is 0 Å². The molecule has 0 bridgehead atoms. The fourth-order valence-electron chi connectivity index (χ4n) is 7.37. The molecule has 3 aliphatic carbocycles. The lowest BCUT2D eigenvalue weighted by Gasteiger charge is -2.50. The summed E-state index contributed by atoms with van der Waals surface area (Å²) in [4.78, 5) is 27.8. The zero-order chi connectivity index (χ0) is 22.5. The van der Waals surface area contributed by atoms with Gasteiger partial charge < -0.3 is 19.7 Å². The van der Waals surface area contributed by atoms with Gasteiger partial charge in [-0.2, -0.15) is 0 Å². The van der Waals surface area contributed by atoms with Crippen molar-refractivity contribution in [2.75, 3.05) is 26.3 Å². The Hall–Kier alpha value is -1.70. The quantitative estimate of drug-likeness (QED) is 0.697. The molecule has 5 rings (SSSR count). The Morgan fingerprint density at radius 1 is 1.25 bits per heavy atom. The van der Waals surface area contributed by atoms with Crippen molar-refractivity contribution < 1.29 is 24.4 Å². The molecule has 1 amide bonds. The molecule has 0 aromatic heterocycles. The number of ether oxygens (including phenoxy) is 1. The molecule has 1 heterocycles. The third kappa shape index (κ3) is 3.72. The van der Waals surface area contributed by atoms with E-state index in [9.17, 15) is 19.6 Å². The number of hydrogen-bond donors (Lipinski definition) is 2. The SMILES string of the molecule is C[C@]12CCC3c4ccc(B(O)O)cc4CCC3C1[C@H](CCC(=O)N1CCOCC1)CC2=O. The van der Waals surface area contributed by atoms with Gasteiger partial charge in [0.05, 0.1) is 13.2 Å². The maximum Gasteiger partial charge on any atom is 0.488 e. The van der Waals surface area contributed by atoms with Crippen molar-refractivity contribution in [2.24, 2.45) is 23.2 Å². The minimum atomic E-state index is -1.44. The van der Waals surface area contributed by atoms with E-state index in [1.54, 1.807) is 0 Å². The molecule has 2 saturated carbocycles. The molecule has 1 saturated heterocycles. The van der Waals surface area contributed by atoms with E-state index in [0.29, 0.717) is 68.1 Å². The standard InChI is InChI=1S/C25H34BNO5/c1-25-9-8-20-19-6-4-18(26(30)31)14-16(19)2-5-21(20)24(25)17(15-22(25)28)3-7-23(29)27-10-12-32-13-11-27/h4,6,14,17,20-21,24,30-31H,2-3,5,7-13,15H2,1H3/t17-,20?,21?,24?,25-/m1/s1. The van der Waals surface area contributed by atoms with Gasteiger partial charge in [0.15, 0.2) is 0 Å². The zero-order valence-electron chi connectivity index (χ0n) is 19.0. The molecule has 1 aromatic carbocycles. The van der Waals surface area contributed by atoms with Crippen molar-refractivity contribution in [1.29, 1.82) is 0 Å². The number of aryl methyl sites for hydroxylation is 1. The second-order valence-corrected chi connectivity index (χ2v) is 10.5. The van der Waals surface area contributed by atoms with Gasteiger partial charge in [0.25, 0.3) is 0 Å². The summed E-state index contributed by atoms with van der Waals surface area (Å²) in [5.74, 6) is 2.10. The molecule has 6 nitrogen and oxygen atoms in total. The maximum absolute atomic E-state index is 13.2. The number of ketones is 1. The average molecular weight is 439 g/mol. The van der Waals surface area contributed by atoms with Gasteiger partial charge in [-0.25, -0.2) is 0 Å². The molecule has 7 heteroatoms. The third-order valence-corrected chi connectivity index (χ3v) is 8.99. The maximum atomic E-state index is 13.2. The highest BCUT2D eigenvalue weighted by molar-refractivity contribution is 6.58. The first-order valence-corrected chi connectivity index (χ1v) is 12.3. The summed E-state index contributed by atoms with van der Waals surface area (Å²) in [5.41, 5.74) is 2.85. The molecular formula is C25H34BNO5. The Morgan fingerprint density at radius 3 is 2.78 bits per heavy atom. The Morgan fingerprint density at radius 2 is 2.03 bits per heavy atom. The Bertz CT molecular complexity index is 898. The average Bonchev–Trinajstić information content (AvgIpc) is 3.07. The van der Waals surface area contributed by atoms with Crippen LogP contribution in [0.2, 0.25) is 0 Å². The van der Waals surface area contributed by atoms with Gasteiger partial charge in [-0.1, -0.05) is 25.1 Å². The van der Waals surface area contributed by atoms with E-state index in [0.717, 1.165) is 32.1 Å². The molecule has 0 radical (unpaired) electrons. The zero-order valence-corrected chi connectivity index (χ0v) is 19.0. The Labute approximate surface area is 190 Å². The topological polar surface area (TPSA) is 87.1 Å². The predicted molar refractivity (Wildman–Crippen MR) is 121 cm³/mol. The Balaban J connectivity index is 1.35. The van der Waals surface area contributed by atoms with Gasteiger partial charge >= 0.3 is 7.12 Å². The fraction of sp³-hybridized carbons (Fsp3) is 0.680. The summed E-state index contributed by atoms with van der Waals surface area (Å²) in [5, 5.41) is 19.1. The molecule has 4 aliphatic rings. The predicted octanol–water partition coefficient (Wildman–Crippen LogP) is 1.66. The summed E-state index contributed by atoms with van der Waals surface area (Å²) < 4.78 is 5.37. The normalized spacial score (nSPS) is 34.0. The number of hydrogen-bond acceptors (Lipinski definition) is 5. The highest BCUT2D eigenvalue weighted by Gasteiger charge is 2.58. The largest absolute Gasteiger partial charge is 0.488 e. The van der Waals surface area contributed by atoms with Crippen molar-refractivity contribution in [3.63, 3.8) is 0 Å². The van der Waals surface area contributed by atoms with E-state index in [2.05, 4.69) is 13.0 Å². The molecule has 3 unspecified atom stereocenters. The molecule has 172 valence electrons. The summed E-state index contributed by atoms with van der Waals surface area (Å²) >= 11 is 0. The molecular weight excluding hydrogens is 405 g/mol. The Kier molecular flexibility index (Phi) is 5.93. The molecule has 3 fully saturated rings. The van der Waals surface area contributed by atoms with Crippen LogP contribution in [0.5, 0.6) is 0 Å². The van der Waals surface area contributed by atoms with Crippen LogP contribution < -0.4 is 5.46 Å². The van der Waals surface area contributed by atoms with E-state index >= 15 is 0 Å². The van der Waals surface area contributed by atoms with Crippen LogP contribution in [0.15, 0.2) is 18.2 Å². The fourth-order valence-corrected chi connectivity index (χ4v) is 7.37. The number of benzene rings is 1. The third-order valence-electron chi connectivity index (χ3n) is 8.99. The van der Waals surface area contributed by atoms with Crippen molar-refractivity contribution in [1.82, 2.24) is 4.90 Å². The van der Waals surface area contributed by atoms with Crippen LogP contribution in [0.25, 0.3) is 0 Å². The summed E-state index contributed by atoms with van der Waals surface area (Å²) in [7, 11) is -1.44. The van der Waals surface area contributed by atoms with Crippen molar-refractivity contribution in [3.05, 3.63) is 29.3 Å². The number of rotatable bonds is 4. The number of carbonyl (C=O) groups excluding carboxylic acids is 2. The first-order valence-electron chi connectivity index (χ1n) is 12.3. The minimum Gasteiger partial charge on any atom is -0.423 e. The molecule has 1 aliphatic heterocycles. The lowest BCUT2D eigenvalue weighted by molar-refractivity contribution is -0.135. The highest BCUT2D eigenvalue weighted by Crippen LogP contribution is 2.62. The number of carbonyl (C=O) groups is 2. The van der Waals surface area contributed by atoms with E-state index in [4.69, 9.17) is 4.74 Å². The van der Waals surface area contributed by atoms with Crippen LogP contribution in [-0.2, 0) is 20.7 Å². The summed E-state index contributed by atoms with van der Waals surface area (Å²) in [6, 6.07) is 5.86. The van der Waals surface area contributed by atoms with Crippen LogP contribution in [0, 0.1) is 23.2 Å². The van der Waals surface area contributed by atoms with Crippen molar-refractivity contribution in [2.45, 2.75) is 57.8 Å². The lowest BCUT2D eigenvalue weighted by Crippen LogP contribution is -2.45. The highest BCUT2D eigenvalue weighted by atomic mass is 16.5. The summed E-state index contributed by atoms with van der Waals surface area (Å²) in [6.07, 6.45) is 5.81. The molecule has 2 N–H and O–H groups in total. The second kappa shape index (κ2) is 8.58. The lowest BCUT2D eigenvalue weighted by atomic mass is 9.53. The van der Waals surface area contributed by atoms with Crippen LogP contribution in [0.4, 0.5) is 0 Å². The van der Waals surface area contributed by atoms with Gasteiger partial charge in [0.1, 0.15) is 5.78 Å². The molecule has 1 aromatic rings. The number of Topliss-reactive ketones (excluding diaryl/α,β-unsaturated/α-hetero) is 1. The second-order valence-electron chi connectivity index (χ2n) is 10.5. The van der Waals surface area contributed by atoms with Gasteiger partial charge in [-0.3, -0.25) is 9.59 Å². The number of nitrogens with zero attached hydrogens (tertiary/aromatic N) is 1. The molecule has 0 spiro atoms. The monoisotopic (exact) mass is 439 g/mol. The van der Waals surface area contributed by atoms with E-state index in [1.807, 2.05) is 17.0 Å². The molecule has 5 atom stereocenters. The van der Waals surface area contributed by atoms with Gasteiger partial charge in [-0.05, 0) is 72.4 Å². The summed E-state index contributed by atoms with van der Waals surface area (Å²) in [6.45, 7) is 4.77. The van der Waals surface area contributed by atoms with E-state index in [1.165, 1.54) is 11.1 Å². The van der Waals surface area contributed by atoms with Crippen LogP contribution >= 0.6 is 0 Å². The van der Waals surface area contributed by atoms with Gasteiger partial charge in [-0.15, -0.1) is 0 Å². The first-order chi connectivity index (χ1) is 15.4. The van der Waals surface area contributed by atoms with Crippen molar-refractivity contribution >= 4 is 24.3 Å². The van der Waals surface area contributed by atoms with Gasteiger partial charge in [0, 0.05) is 31.3 Å². The van der Waals surface area contributed by atoms with Crippen LogP contribution in [0.1, 0.15) is 62.5 Å². The number of amides is 1. The number of fused-ring (bicyclic) bond motifs is 5. The minimum absolute atomic E-state index is 0.200. The van der Waals surface area contributed by atoms with Crippen LogP contribution in [0.3, 0.4) is 0 Å². The molecule has 32 heavy (non-hydrogen) atoms. The van der Waals surface area contributed by atoms with Gasteiger partial charge in [0.2, 0.25) is 5.91 Å². The van der Waals surface area contributed by atoms with Crippen LogP contribution in [-0.4, -0.2) is 60.1 Å².